The maximum atomic E-state index is 13.7. The second-order valence-electron chi connectivity index (χ2n) is 4.40. The van der Waals surface area contributed by atoms with E-state index in [9.17, 15) is 8.78 Å². The average Bonchev–Trinajstić information content (AvgIpc) is 2.52. The van der Waals surface area contributed by atoms with E-state index >= 15 is 0 Å². The number of hydrogen-bond acceptors (Lipinski definition) is 2. The van der Waals surface area contributed by atoms with Crippen molar-refractivity contribution in [2.75, 3.05) is 0 Å². The Morgan fingerprint density at radius 3 is 2.28 bits per heavy atom. The van der Waals surface area contributed by atoms with Crippen molar-refractivity contribution in [2.24, 2.45) is 5.73 Å². The van der Waals surface area contributed by atoms with Crippen LogP contribution in [0.15, 0.2) is 22.6 Å². The molecule has 0 aliphatic rings. The van der Waals surface area contributed by atoms with Gasteiger partial charge in [0.15, 0.2) is 0 Å². The summed E-state index contributed by atoms with van der Waals surface area (Å²) in [6.45, 7) is 5.50. The standard InChI is InChI=1S/C14H15F2NO/c1-7-8(2)18-9(3)13(7)14(17)11-5-4-10(15)6-12(11)16/h4-6,14H,17H2,1-3H3. The Labute approximate surface area is 104 Å². The topological polar surface area (TPSA) is 39.2 Å². The van der Waals surface area contributed by atoms with Crippen LogP contribution in [0.4, 0.5) is 8.78 Å². The number of hydrogen-bond donors (Lipinski definition) is 1. The predicted octanol–water partition coefficient (Wildman–Crippen LogP) is 3.53. The van der Waals surface area contributed by atoms with Crippen LogP contribution in [-0.2, 0) is 0 Å². The van der Waals surface area contributed by atoms with E-state index in [1.807, 2.05) is 13.8 Å². The molecule has 1 aromatic carbocycles. The Kier molecular flexibility index (Phi) is 3.22. The van der Waals surface area contributed by atoms with Gasteiger partial charge in [0, 0.05) is 17.2 Å². The van der Waals surface area contributed by atoms with Crippen molar-refractivity contribution in [2.45, 2.75) is 26.8 Å². The zero-order valence-electron chi connectivity index (χ0n) is 10.6. The summed E-state index contributed by atoms with van der Waals surface area (Å²) >= 11 is 0. The SMILES string of the molecule is Cc1oc(C)c(C(N)c2ccc(F)cc2F)c1C. The molecule has 2 nitrogen and oxygen atoms in total. The van der Waals surface area contributed by atoms with E-state index in [1.54, 1.807) is 6.92 Å². The highest BCUT2D eigenvalue weighted by Crippen LogP contribution is 2.31. The van der Waals surface area contributed by atoms with Crippen molar-refractivity contribution in [1.29, 1.82) is 0 Å². The zero-order valence-corrected chi connectivity index (χ0v) is 10.6. The Hall–Kier alpha value is -1.68. The first-order valence-electron chi connectivity index (χ1n) is 5.68. The second-order valence-corrected chi connectivity index (χ2v) is 4.40. The molecule has 0 fully saturated rings. The van der Waals surface area contributed by atoms with Crippen molar-refractivity contribution in [3.63, 3.8) is 0 Å². The van der Waals surface area contributed by atoms with Gasteiger partial charge < -0.3 is 10.2 Å². The van der Waals surface area contributed by atoms with E-state index < -0.39 is 17.7 Å². The molecule has 1 unspecified atom stereocenters. The molecule has 0 aliphatic carbocycles. The molecule has 1 heterocycles. The Morgan fingerprint density at radius 2 is 1.78 bits per heavy atom. The third kappa shape index (κ3) is 2.04. The Bertz CT molecular complexity index is 590. The lowest BCUT2D eigenvalue weighted by atomic mass is 9.96. The van der Waals surface area contributed by atoms with Gasteiger partial charge >= 0.3 is 0 Å². The molecule has 2 aromatic rings. The van der Waals surface area contributed by atoms with Crippen molar-refractivity contribution in [1.82, 2.24) is 0 Å². The van der Waals surface area contributed by atoms with Gasteiger partial charge in [0.2, 0.25) is 0 Å². The van der Waals surface area contributed by atoms with Gasteiger partial charge in [0.1, 0.15) is 23.2 Å². The molecule has 0 spiro atoms. The van der Waals surface area contributed by atoms with Gasteiger partial charge in [-0.15, -0.1) is 0 Å². The summed E-state index contributed by atoms with van der Waals surface area (Å²) in [6, 6.07) is 2.77. The fourth-order valence-electron chi connectivity index (χ4n) is 2.18. The van der Waals surface area contributed by atoms with Gasteiger partial charge in [-0.1, -0.05) is 6.07 Å². The number of benzene rings is 1. The molecule has 0 amide bonds. The molecule has 1 aromatic heterocycles. The van der Waals surface area contributed by atoms with Gasteiger partial charge in [-0.25, -0.2) is 8.78 Å². The summed E-state index contributed by atoms with van der Waals surface area (Å²) in [6.07, 6.45) is 0. The number of furan rings is 1. The summed E-state index contributed by atoms with van der Waals surface area (Å²) in [5, 5.41) is 0. The number of halogens is 2. The van der Waals surface area contributed by atoms with Crippen LogP contribution in [0.3, 0.4) is 0 Å². The molecule has 0 radical (unpaired) electrons. The number of rotatable bonds is 2. The van der Waals surface area contributed by atoms with Crippen LogP contribution in [0.25, 0.3) is 0 Å². The van der Waals surface area contributed by atoms with Crippen LogP contribution in [0.1, 0.15) is 34.3 Å². The minimum Gasteiger partial charge on any atom is -0.466 e. The molecule has 0 saturated heterocycles. The van der Waals surface area contributed by atoms with Crippen molar-refractivity contribution in [3.8, 4) is 0 Å². The fraction of sp³-hybridized carbons (Fsp3) is 0.286. The Morgan fingerprint density at radius 1 is 1.11 bits per heavy atom. The summed E-state index contributed by atoms with van der Waals surface area (Å²) in [4.78, 5) is 0. The van der Waals surface area contributed by atoms with Gasteiger partial charge in [-0.2, -0.15) is 0 Å². The van der Waals surface area contributed by atoms with Crippen LogP contribution < -0.4 is 5.73 Å². The van der Waals surface area contributed by atoms with Gasteiger partial charge in [-0.3, -0.25) is 0 Å². The van der Waals surface area contributed by atoms with Crippen molar-refractivity contribution >= 4 is 0 Å². The van der Waals surface area contributed by atoms with E-state index in [-0.39, 0.29) is 5.56 Å². The summed E-state index contributed by atoms with van der Waals surface area (Å²) < 4.78 is 32.1. The molecule has 96 valence electrons. The lowest BCUT2D eigenvalue weighted by molar-refractivity contribution is 0.497. The molecule has 18 heavy (non-hydrogen) atoms. The van der Waals surface area contributed by atoms with Crippen molar-refractivity contribution < 1.29 is 13.2 Å². The highest BCUT2D eigenvalue weighted by molar-refractivity contribution is 5.40. The van der Waals surface area contributed by atoms with E-state index in [1.165, 1.54) is 12.1 Å². The van der Waals surface area contributed by atoms with Gasteiger partial charge in [0.25, 0.3) is 0 Å². The fourth-order valence-corrected chi connectivity index (χ4v) is 2.18. The molecule has 0 bridgehead atoms. The van der Waals surface area contributed by atoms with Crippen molar-refractivity contribution in [3.05, 3.63) is 58.0 Å². The molecular weight excluding hydrogens is 236 g/mol. The van der Waals surface area contributed by atoms with Gasteiger partial charge in [-0.05, 0) is 32.4 Å². The molecule has 4 heteroatoms. The van der Waals surface area contributed by atoms with Crippen LogP contribution in [-0.4, -0.2) is 0 Å². The summed E-state index contributed by atoms with van der Waals surface area (Å²) in [5.74, 6) is 0.183. The van der Waals surface area contributed by atoms with E-state index in [4.69, 9.17) is 10.2 Å². The maximum Gasteiger partial charge on any atom is 0.131 e. The first kappa shape index (κ1) is 12.8. The van der Waals surface area contributed by atoms with Gasteiger partial charge in [0.05, 0.1) is 6.04 Å². The first-order valence-corrected chi connectivity index (χ1v) is 5.68. The van der Waals surface area contributed by atoms with Crippen LogP contribution >= 0.6 is 0 Å². The minimum absolute atomic E-state index is 0.267. The highest BCUT2D eigenvalue weighted by atomic mass is 19.1. The van der Waals surface area contributed by atoms with E-state index in [2.05, 4.69) is 0 Å². The van der Waals surface area contributed by atoms with Crippen LogP contribution in [0.2, 0.25) is 0 Å². The molecular formula is C14H15F2NO. The lowest BCUT2D eigenvalue weighted by Gasteiger charge is -2.13. The van der Waals surface area contributed by atoms with Crippen LogP contribution in [0.5, 0.6) is 0 Å². The summed E-state index contributed by atoms with van der Waals surface area (Å²) in [7, 11) is 0. The molecule has 0 aliphatic heterocycles. The average molecular weight is 251 g/mol. The molecule has 0 saturated carbocycles. The third-order valence-corrected chi connectivity index (χ3v) is 3.23. The second kappa shape index (κ2) is 4.53. The predicted molar refractivity (Wildman–Crippen MR) is 65.3 cm³/mol. The maximum absolute atomic E-state index is 13.7. The third-order valence-electron chi connectivity index (χ3n) is 3.23. The lowest BCUT2D eigenvalue weighted by Crippen LogP contribution is -2.15. The molecule has 1 atom stereocenters. The summed E-state index contributed by atoms with van der Waals surface area (Å²) in [5.41, 5.74) is 8.00. The van der Waals surface area contributed by atoms with E-state index in [0.717, 1.165) is 23.0 Å². The Balaban J connectivity index is 2.51. The molecule has 2 N–H and O–H groups in total. The normalized spacial score (nSPS) is 12.8. The molecule has 2 rings (SSSR count). The van der Waals surface area contributed by atoms with Crippen LogP contribution in [0, 0.1) is 32.4 Å². The largest absolute Gasteiger partial charge is 0.466 e. The first-order chi connectivity index (χ1) is 8.41. The quantitative estimate of drug-likeness (QED) is 0.886. The number of nitrogens with two attached hydrogens (primary N) is 1. The smallest absolute Gasteiger partial charge is 0.131 e. The monoisotopic (exact) mass is 251 g/mol. The minimum atomic E-state index is -0.650. The zero-order chi connectivity index (χ0) is 13.4. The van der Waals surface area contributed by atoms with E-state index in [0.29, 0.717) is 5.76 Å². The number of aryl methyl sites for hydroxylation is 2. The highest BCUT2D eigenvalue weighted by Gasteiger charge is 2.21.